The lowest BCUT2D eigenvalue weighted by atomic mass is 10.1. The van der Waals surface area contributed by atoms with E-state index >= 15 is 0 Å². The van der Waals surface area contributed by atoms with Gasteiger partial charge in [0.25, 0.3) is 5.56 Å². The molecule has 35 heavy (non-hydrogen) atoms. The van der Waals surface area contributed by atoms with Crippen molar-refractivity contribution in [2.24, 2.45) is 0 Å². The molecule has 8 nitrogen and oxygen atoms in total. The zero-order chi connectivity index (χ0) is 24.5. The maximum absolute atomic E-state index is 12.4. The number of aromatic nitrogens is 4. The minimum atomic E-state index is -0.605. The highest BCUT2D eigenvalue weighted by Gasteiger charge is 2.14. The first-order valence-corrected chi connectivity index (χ1v) is 11.3. The van der Waals surface area contributed by atoms with Crippen LogP contribution in [0.2, 0.25) is 5.15 Å². The van der Waals surface area contributed by atoms with Crippen LogP contribution in [-0.2, 0) is 22.7 Å². The number of ether oxygens (including phenoxy) is 1. The summed E-state index contributed by atoms with van der Waals surface area (Å²) in [5, 5.41) is 5.62. The minimum absolute atomic E-state index is 0.133. The van der Waals surface area contributed by atoms with Crippen LogP contribution >= 0.6 is 11.6 Å². The monoisotopic (exact) mass is 488 g/mol. The molecule has 0 amide bonds. The molecule has 0 saturated carbocycles. The van der Waals surface area contributed by atoms with Crippen LogP contribution in [0.5, 0.6) is 0 Å². The molecule has 1 N–H and O–H groups in total. The zero-order valence-corrected chi connectivity index (χ0v) is 19.8. The Balaban J connectivity index is 1.29. The second-order valence-corrected chi connectivity index (χ2v) is 8.52. The zero-order valence-electron chi connectivity index (χ0n) is 19.0. The molecule has 3 heterocycles. The number of H-pyrrole nitrogens is 1. The third-order valence-electron chi connectivity index (χ3n) is 5.58. The average molecular weight is 489 g/mol. The molecule has 5 aromatic rings. The number of carbonyl (C=O) groups excluding carboxylic acids is 1. The van der Waals surface area contributed by atoms with Crippen LogP contribution in [0, 0.1) is 13.8 Å². The normalized spacial score (nSPS) is 11.6. The van der Waals surface area contributed by atoms with E-state index in [-0.39, 0.29) is 18.0 Å². The Bertz CT molecular complexity index is 1640. The Hall–Kier alpha value is -4.17. The van der Waals surface area contributed by atoms with Crippen molar-refractivity contribution in [3.8, 4) is 0 Å². The van der Waals surface area contributed by atoms with Gasteiger partial charge in [0.05, 0.1) is 12.2 Å². The van der Waals surface area contributed by atoms with Gasteiger partial charge < -0.3 is 14.1 Å². The maximum Gasteiger partial charge on any atom is 0.331 e. The number of benzene rings is 2. The molecule has 0 saturated heterocycles. The Kier molecular flexibility index (Phi) is 5.96. The minimum Gasteiger partial charge on any atom is -0.454 e. The number of nitrogens with zero attached hydrogens (tertiary/aromatic N) is 3. The number of hydrogen-bond acceptors (Lipinski definition) is 6. The van der Waals surface area contributed by atoms with Gasteiger partial charge in [-0.1, -0.05) is 53.6 Å². The van der Waals surface area contributed by atoms with Crippen LogP contribution in [-0.4, -0.2) is 25.7 Å². The number of fused-ring (bicyclic) bond motifs is 3. The summed E-state index contributed by atoms with van der Waals surface area (Å²) < 4.78 is 12.5. The van der Waals surface area contributed by atoms with Gasteiger partial charge in [-0.2, -0.15) is 5.10 Å². The van der Waals surface area contributed by atoms with Gasteiger partial charge in [-0.05, 0) is 37.6 Å². The van der Waals surface area contributed by atoms with Crippen molar-refractivity contribution in [2.75, 3.05) is 0 Å². The Morgan fingerprint density at radius 2 is 1.94 bits per heavy atom. The van der Waals surface area contributed by atoms with Crippen LogP contribution in [0.1, 0.15) is 28.2 Å². The summed E-state index contributed by atoms with van der Waals surface area (Å²) in [4.78, 5) is 31.7. The van der Waals surface area contributed by atoms with Crippen molar-refractivity contribution >= 4 is 45.7 Å². The molecule has 0 fully saturated rings. The highest BCUT2D eigenvalue weighted by Crippen LogP contribution is 2.25. The van der Waals surface area contributed by atoms with Crippen molar-refractivity contribution in [1.82, 2.24) is 19.7 Å². The van der Waals surface area contributed by atoms with Crippen LogP contribution in [0.4, 0.5) is 0 Å². The molecule has 0 aliphatic rings. The van der Waals surface area contributed by atoms with E-state index in [0.717, 1.165) is 5.56 Å². The Labute approximate surface area is 204 Å². The van der Waals surface area contributed by atoms with Gasteiger partial charge in [0.15, 0.2) is 0 Å². The molecule has 176 valence electrons. The second-order valence-electron chi connectivity index (χ2n) is 8.16. The van der Waals surface area contributed by atoms with Gasteiger partial charge in [0.1, 0.15) is 28.7 Å². The third-order valence-corrected chi connectivity index (χ3v) is 5.98. The van der Waals surface area contributed by atoms with E-state index in [1.165, 1.54) is 11.6 Å². The lowest BCUT2D eigenvalue weighted by molar-refractivity contribution is -0.139. The van der Waals surface area contributed by atoms with Gasteiger partial charge in [0.2, 0.25) is 5.58 Å². The molecule has 5 rings (SSSR count). The summed E-state index contributed by atoms with van der Waals surface area (Å²) in [6, 6.07) is 15.3. The van der Waals surface area contributed by atoms with Gasteiger partial charge in [-0.3, -0.25) is 4.79 Å². The topological polar surface area (TPSA) is 103 Å². The van der Waals surface area contributed by atoms with Crippen molar-refractivity contribution in [3.05, 3.63) is 98.3 Å². The Morgan fingerprint density at radius 3 is 2.74 bits per heavy atom. The van der Waals surface area contributed by atoms with Crippen LogP contribution in [0.3, 0.4) is 0 Å². The van der Waals surface area contributed by atoms with E-state index in [4.69, 9.17) is 20.8 Å². The quantitative estimate of drug-likeness (QED) is 0.268. The van der Waals surface area contributed by atoms with E-state index in [1.54, 1.807) is 16.8 Å². The first-order chi connectivity index (χ1) is 16.9. The maximum atomic E-state index is 12.4. The van der Waals surface area contributed by atoms with E-state index in [9.17, 15) is 9.59 Å². The van der Waals surface area contributed by atoms with Crippen molar-refractivity contribution < 1.29 is 13.9 Å². The van der Waals surface area contributed by atoms with Gasteiger partial charge in [0, 0.05) is 17.0 Å². The number of aryl methyl sites for hydroxylation is 2. The summed E-state index contributed by atoms with van der Waals surface area (Å²) in [6.45, 7) is 4.17. The van der Waals surface area contributed by atoms with Gasteiger partial charge in [-0.25, -0.2) is 14.5 Å². The number of nitrogens with one attached hydrogen (secondary N) is 1. The number of hydrogen-bond donors (Lipinski definition) is 1. The number of esters is 1. The van der Waals surface area contributed by atoms with E-state index in [1.807, 2.05) is 56.3 Å². The number of aromatic amines is 1. The molecule has 9 heteroatoms. The highest BCUT2D eigenvalue weighted by molar-refractivity contribution is 6.31. The number of halogens is 1. The molecule has 3 aromatic heterocycles. The molecule has 0 spiro atoms. The SMILES string of the molecule is Cc1ccc(Cn2nc(C)c(/C=C/C(=O)OCc3nc4c(oc5ccccc54)c(=O)[nH]3)c2Cl)cc1. The number of para-hydroxylation sites is 1. The predicted molar refractivity (Wildman–Crippen MR) is 133 cm³/mol. The molecule has 0 bridgehead atoms. The van der Waals surface area contributed by atoms with E-state index in [0.29, 0.717) is 39.4 Å². The molecule has 2 aromatic carbocycles. The molecule has 0 atom stereocenters. The summed E-state index contributed by atoms with van der Waals surface area (Å²) in [6.07, 6.45) is 2.84. The predicted octanol–water partition coefficient (Wildman–Crippen LogP) is 4.94. The fourth-order valence-corrected chi connectivity index (χ4v) is 4.08. The molecular weight excluding hydrogens is 468 g/mol. The highest BCUT2D eigenvalue weighted by atomic mass is 35.5. The Morgan fingerprint density at radius 1 is 1.17 bits per heavy atom. The largest absolute Gasteiger partial charge is 0.454 e. The van der Waals surface area contributed by atoms with E-state index in [2.05, 4.69) is 15.1 Å². The number of carbonyl (C=O) groups is 1. The summed E-state index contributed by atoms with van der Waals surface area (Å²) in [5.74, 6) is -0.387. The first-order valence-electron chi connectivity index (χ1n) is 10.9. The molecule has 0 aliphatic heterocycles. The van der Waals surface area contributed by atoms with Crippen LogP contribution in [0.15, 0.2) is 63.8 Å². The fraction of sp³-hybridized carbons (Fsp3) is 0.154. The number of furan rings is 1. The van der Waals surface area contributed by atoms with Gasteiger partial charge >= 0.3 is 5.97 Å². The molecule has 0 radical (unpaired) electrons. The third kappa shape index (κ3) is 4.61. The lowest BCUT2D eigenvalue weighted by Gasteiger charge is -2.04. The summed E-state index contributed by atoms with van der Waals surface area (Å²) in [7, 11) is 0. The molecule has 0 unspecified atom stereocenters. The van der Waals surface area contributed by atoms with Gasteiger partial charge in [-0.15, -0.1) is 0 Å². The van der Waals surface area contributed by atoms with Crippen molar-refractivity contribution in [2.45, 2.75) is 27.0 Å². The fourth-order valence-electron chi connectivity index (χ4n) is 3.78. The number of rotatable bonds is 6. The average Bonchev–Trinajstić information content (AvgIpc) is 3.35. The summed E-state index contributed by atoms with van der Waals surface area (Å²) >= 11 is 6.52. The smallest absolute Gasteiger partial charge is 0.331 e. The molecule has 0 aliphatic carbocycles. The first kappa shape index (κ1) is 22.6. The molecular formula is C26H21ClN4O4. The van der Waals surface area contributed by atoms with Crippen LogP contribution < -0.4 is 5.56 Å². The van der Waals surface area contributed by atoms with Crippen molar-refractivity contribution in [3.63, 3.8) is 0 Å². The lowest BCUT2D eigenvalue weighted by Crippen LogP contribution is -2.13. The van der Waals surface area contributed by atoms with Crippen molar-refractivity contribution in [1.29, 1.82) is 0 Å². The summed E-state index contributed by atoms with van der Waals surface area (Å²) in [5.41, 5.74) is 4.25. The second kappa shape index (κ2) is 9.23. The standard InChI is InChI=1S/C26H21ClN4O4/c1-15-7-9-17(10-8-15)13-31-25(27)18(16(2)30-31)11-12-22(32)34-14-21-28-23-19-5-3-4-6-20(19)35-24(23)26(33)29-21/h3-12H,13-14H2,1-2H3,(H,28,29,33)/b12-11+. The van der Waals surface area contributed by atoms with E-state index < -0.39 is 11.5 Å². The van der Waals surface area contributed by atoms with Crippen LogP contribution in [0.25, 0.3) is 28.1 Å².